The Kier molecular flexibility index (Phi) is 6.13. The van der Waals surface area contributed by atoms with E-state index in [9.17, 15) is 8.42 Å². The number of ether oxygens (including phenoxy) is 1. The summed E-state index contributed by atoms with van der Waals surface area (Å²) in [6.07, 6.45) is 1.24. The van der Waals surface area contributed by atoms with Crippen molar-refractivity contribution in [1.82, 2.24) is 4.90 Å². The molecule has 1 aliphatic heterocycles. The molecule has 2 aromatic rings. The van der Waals surface area contributed by atoms with Gasteiger partial charge in [0, 0.05) is 6.54 Å². The first-order valence-corrected chi connectivity index (χ1v) is 10.7. The monoisotopic (exact) mass is 413 g/mol. The number of benzene rings is 2. The van der Waals surface area contributed by atoms with Gasteiger partial charge in [-0.1, -0.05) is 29.3 Å². The van der Waals surface area contributed by atoms with Crippen molar-refractivity contribution >= 4 is 33.0 Å². The minimum atomic E-state index is -3.32. The Morgan fingerprint density at radius 1 is 1.04 bits per heavy atom. The van der Waals surface area contributed by atoms with E-state index in [0.29, 0.717) is 33.5 Å². The maximum atomic E-state index is 12.8. The van der Waals surface area contributed by atoms with Gasteiger partial charge in [-0.2, -0.15) is 0 Å². The van der Waals surface area contributed by atoms with Crippen LogP contribution < -0.4 is 4.74 Å². The summed E-state index contributed by atoms with van der Waals surface area (Å²) in [6, 6.07) is 12.2. The third-order valence-electron chi connectivity index (χ3n) is 4.75. The molecule has 1 aliphatic rings. The minimum absolute atomic E-state index is 0.346. The van der Waals surface area contributed by atoms with E-state index in [0.717, 1.165) is 25.2 Å². The number of hydrogen-bond donors (Lipinski definition) is 0. The van der Waals surface area contributed by atoms with Crippen LogP contribution in [-0.4, -0.2) is 38.8 Å². The SMILES string of the molecule is COc1ccc(S(=O)(=O)C2CCN(Cc3ccc(Cl)c(Cl)c3)CC2)cc1. The molecule has 0 radical (unpaired) electrons. The largest absolute Gasteiger partial charge is 0.497 e. The molecule has 1 heterocycles. The molecule has 0 spiro atoms. The van der Waals surface area contributed by atoms with Crippen LogP contribution in [0.4, 0.5) is 0 Å². The predicted molar refractivity (Wildman–Crippen MR) is 105 cm³/mol. The number of hydrogen-bond acceptors (Lipinski definition) is 4. The molecular weight excluding hydrogens is 393 g/mol. The number of halogens is 2. The van der Waals surface area contributed by atoms with Crippen molar-refractivity contribution in [2.24, 2.45) is 0 Å². The van der Waals surface area contributed by atoms with Gasteiger partial charge in [-0.05, 0) is 67.9 Å². The first-order valence-electron chi connectivity index (χ1n) is 8.44. The first-order chi connectivity index (χ1) is 12.4. The number of nitrogens with zero attached hydrogens (tertiary/aromatic N) is 1. The summed E-state index contributed by atoms with van der Waals surface area (Å²) in [5, 5.41) is 0.738. The van der Waals surface area contributed by atoms with Gasteiger partial charge >= 0.3 is 0 Å². The third-order valence-corrected chi connectivity index (χ3v) is 7.77. The molecule has 1 fully saturated rings. The molecule has 0 saturated carbocycles. The molecule has 0 N–H and O–H groups in total. The van der Waals surface area contributed by atoms with Gasteiger partial charge in [0.15, 0.2) is 9.84 Å². The molecule has 0 unspecified atom stereocenters. The van der Waals surface area contributed by atoms with Gasteiger partial charge in [-0.3, -0.25) is 4.90 Å². The highest BCUT2D eigenvalue weighted by atomic mass is 35.5. The molecule has 0 aliphatic carbocycles. The number of piperidine rings is 1. The fourth-order valence-electron chi connectivity index (χ4n) is 3.23. The summed E-state index contributed by atoms with van der Waals surface area (Å²) in [6.45, 7) is 2.22. The second kappa shape index (κ2) is 8.17. The van der Waals surface area contributed by atoms with Crippen molar-refractivity contribution in [1.29, 1.82) is 0 Å². The van der Waals surface area contributed by atoms with Gasteiger partial charge in [0.2, 0.25) is 0 Å². The topological polar surface area (TPSA) is 46.6 Å². The first kappa shape index (κ1) is 19.5. The highest BCUT2D eigenvalue weighted by molar-refractivity contribution is 7.92. The Bertz CT molecular complexity index is 861. The molecule has 1 saturated heterocycles. The predicted octanol–water partition coefficient (Wildman–Crippen LogP) is 4.44. The van der Waals surface area contributed by atoms with E-state index >= 15 is 0 Å². The third kappa shape index (κ3) is 4.34. The molecule has 7 heteroatoms. The van der Waals surface area contributed by atoms with Crippen LogP contribution in [0.15, 0.2) is 47.4 Å². The van der Waals surface area contributed by atoms with Crippen LogP contribution >= 0.6 is 23.2 Å². The zero-order chi connectivity index (χ0) is 18.7. The molecular formula is C19H21Cl2NO3S. The van der Waals surface area contributed by atoms with Crippen molar-refractivity contribution in [3.63, 3.8) is 0 Å². The maximum Gasteiger partial charge on any atom is 0.181 e. The van der Waals surface area contributed by atoms with Crippen LogP contribution in [0.25, 0.3) is 0 Å². The lowest BCUT2D eigenvalue weighted by Gasteiger charge is -2.31. The van der Waals surface area contributed by atoms with Crippen LogP contribution in [0.3, 0.4) is 0 Å². The van der Waals surface area contributed by atoms with E-state index in [-0.39, 0.29) is 5.25 Å². The summed E-state index contributed by atoms with van der Waals surface area (Å²) in [4.78, 5) is 2.61. The van der Waals surface area contributed by atoms with Crippen molar-refractivity contribution in [3.05, 3.63) is 58.1 Å². The fourth-order valence-corrected chi connectivity index (χ4v) is 5.28. The lowest BCUT2D eigenvalue weighted by molar-refractivity contribution is 0.222. The smallest absolute Gasteiger partial charge is 0.181 e. The molecule has 0 atom stereocenters. The maximum absolute atomic E-state index is 12.8. The summed E-state index contributed by atoms with van der Waals surface area (Å²) in [5.41, 5.74) is 1.08. The Balaban J connectivity index is 1.62. The van der Waals surface area contributed by atoms with E-state index < -0.39 is 9.84 Å². The van der Waals surface area contributed by atoms with Crippen LogP contribution in [0.5, 0.6) is 5.75 Å². The second-order valence-corrected chi connectivity index (χ2v) is 9.49. The number of likely N-dealkylation sites (tertiary alicyclic amines) is 1. The lowest BCUT2D eigenvalue weighted by Crippen LogP contribution is -2.38. The zero-order valence-corrected chi connectivity index (χ0v) is 16.8. The second-order valence-electron chi connectivity index (χ2n) is 6.44. The quantitative estimate of drug-likeness (QED) is 0.726. The van der Waals surface area contributed by atoms with E-state index in [4.69, 9.17) is 27.9 Å². The molecule has 0 bridgehead atoms. The van der Waals surface area contributed by atoms with E-state index in [1.165, 1.54) is 0 Å². The van der Waals surface area contributed by atoms with Gasteiger partial charge in [-0.15, -0.1) is 0 Å². The number of methoxy groups -OCH3 is 1. The molecule has 26 heavy (non-hydrogen) atoms. The molecule has 3 rings (SSSR count). The van der Waals surface area contributed by atoms with Crippen molar-refractivity contribution in [2.45, 2.75) is 29.5 Å². The van der Waals surface area contributed by atoms with Crippen LogP contribution in [0.2, 0.25) is 10.0 Å². The molecule has 4 nitrogen and oxygen atoms in total. The number of rotatable bonds is 5. The van der Waals surface area contributed by atoms with Gasteiger partial charge in [0.1, 0.15) is 5.75 Å². The summed E-state index contributed by atoms with van der Waals surface area (Å²) in [7, 11) is -1.75. The molecule has 140 valence electrons. The van der Waals surface area contributed by atoms with Gasteiger partial charge in [0.05, 0.1) is 27.3 Å². The summed E-state index contributed by atoms with van der Waals surface area (Å²) in [5.74, 6) is 0.653. The number of sulfone groups is 1. The summed E-state index contributed by atoms with van der Waals surface area (Å²) >= 11 is 12.0. The average molecular weight is 414 g/mol. The average Bonchev–Trinajstić information content (AvgIpc) is 2.65. The molecule has 0 aromatic heterocycles. The van der Waals surface area contributed by atoms with Crippen LogP contribution in [-0.2, 0) is 16.4 Å². The van der Waals surface area contributed by atoms with E-state index in [1.54, 1.807) is 37.4 Å². The molecule has 2 aromatic carbocycles. The van der Waals surface area contributed by atoms with Crippen molar-refractivity contribution < 1.29 is 13.2 Å². The zero-order valence-electron chi connectivity index (χ0n) is 14.5. The Morgan fingerprint density at radius 3 is 2.27 bits per heavy atom. The Morgan fingerprint density at radius 2 is 1.69 bits per heavy atom. The van der Waals surface area contributed by atoms with Crippen molar-refractivity contribution in [3.8, 4) is 5.75 Å². The normalized spacial score (nSPS) is 16.6. The van der Waals surface area contributed by atoms with Gasteiger partial charge < -0.3 is 4.74 Å². The van der Waals surface area contributed by atoms with Crippen molar-refractivity contribution in [2.75, 3.05) is 20.2 Å². The van der Waals surface area contributed by atoms with E-state index in [2.05, 4.69) is 4.90 Å². The van der Waals surface area contributed by atoms with E-state index in [1.807, 2.05) is 12.1 Å². The highest BCUT2D eigenvalue weighted by Gasteiger charge is 2.31. The van der Waals surface area contributed by atoms with Gasteiger partial charge in [0.25, 0.3) is 0 Å². The highest BCUT2D eigenvalue weighted by Crippen LogP contribution is 2.28. The van der Waals surface area contributed by atoms with Crippen LogP contribution in [0.1, 0.15) is 18.4 Å². The fraction of sp³-hybridized carbons (Fsp3) is 0.368. The van der Waals surface area contributed by atoms with Gasteiger partial charge in [-0.25, -0.2) is 8.42 Å². The van der Waals surface area contributed by atoms with Crippen LogP contribution in [0, 0.1) is 0 Å². The lowest BCUT2D eigenvalue weighted by atomic mass is 10.1. The Labute approximate surface area is 164 Å². The Hall–Kier alpha value is -1.27. The summed E-state index contributed by atoms with van der Waals surface area (Å²) < 4.78 is 30.8. The standard InChI is InChI=1S/C19H21Cl2NO3S/c1-25-15-3-5-16(6-4-15)26(23,24)17-8-10-22(11-9-17)13-14-2-7-18(20)19(21)12-14/h2-7,12,17H,8-11,13H2,1H3. The molecule has 0 amide bonds. The minimum Gasteiger partial charge on any atom is -0.497 e.